The molecular weight excluding hydrogens is 268 g/mol. The Hall–Kier alpha value is -1.01. The number of likely N-dealkylation sites (tertiary alicyclic amines) is 1. The molecule has 0 spiro atoms. The van der Waals surface area contributed by atoms with Gasteiger partial charge in [-0.15, -0.1) is 12.4 Å². The Labute approximate surface area is 120 Å². The molecule has 19 heavy (non-hydrogen) atoms. The predicted octanol–water partition coefficient (Wildman–Crippen LogP) is 0.456. The van der Waals surface area contributed by atoms with Crippen molar-refractivity contribution >= 4 is 24.3 Å². The lowest BCUT2D eigenvalue weighted by atomic mass is 10.1. The van der Waals surface area contributed by atoms with E-state index in [1.165, 1.54) is 0 Å². The fourth-order valence-electron chi connectivity index (χ4n) is 2.08. The molecule has 1 fully saturated rings. The monoisotopic (exact) mass is 292 g/mol. The molecule has 3 amide bonds. The average Bonchev–Trinajstić information content (AvgIpc) is 2.78. The lowest BCUT2D eigenvalue weighted by molar-refractivity contribution is -0.123. The first kappa shape index (κ1) is 18.0. The van der Waals surface area contributed by atoms with Crippen molar-refractivity contribution in [1.29, 1.82) is 0 Å². The molecule has 4 N–H and O–H groups in total. The molecule has 0 saturated carbocycles. The second kappa shape index (κ2) is 8.98. The maximum atomic E-state index is 11.7. The number of rotatable bonds is 5. The zero-order valence-corrected chi connectivity index (χ0v) is 12.5. The van der Waals surface area contributed by atoms with Crippen LogP contribution in [0, 0.1) is 0 Å². The molecular formula is C12H25ClN4O2. The molecule has 6 nitrogen and oxygen atoms in total. The molecule has 1 saturated heterocycles. The van der Waals surface area contributed by atoms with Crippen LogP contribution in [0.1, 0.15) is 33.1 Å². The third kappa shape index (κ3) is 5.65. The predicted molar refractivity (Wildman–Crippen MR) is 77.3 cm³/mol. The summed E-state index contributed by atoms with van der Waals surface area (Å²) in [4.78, 5) is 25.0. The normalized spacial score (nSPS) is 19.5. The highest BCUT2D eigenvalue weighted by Gasteiger charge is 2.27. The summed E-state index contributed by atoms with van der Waals surface area (Å²) in [6.07, 6.45) is 2.38. The van der Waals surface area contributed by atoms with Crippen molar-refractivity contribution in [1.82, 2.24) is 15.5 Å². The number of halogens is 1. The van der Waals surface area contributed by atoms with Gasteiger partial charge in [0, 0.05) is 25.7 Å². The Balaban J connectivity index is 0.00000324. The number of hydrogen-bond donors (Lipinski definition) is 3. The molecule has 2 atom stereocenters. The molecule has 2 unspecified atom stereocenters. The van der Waals surface area contributed by atoms with Crippen molar-refractivity contribution in [2.45, 2.75) is 45.2 Å². The van der Waals surface area contributed by atoms with Crippen molar-refractivity contribution < 1.29 is 9.59 Å². The van der Waals surface area contributed by atoms with E-state index >= 15 is 0 Å². The summed E-state index contributed by atoms with van der Waals surface area (Å²) in [5, 5.41) is 5.66. The van der Waals surface area contributed by atoms with Crippen LogP contribution in [0.3, 0.4) is 0 Å². The molecule has 0 radical (unpaired) electrons. The maximum absolute atomic E-state index is 11.7. The summed E-state index contributed by atoms with van der Waals surface area (Å²) in [6, 6.07) is -0.469. The molecule has 1 aliphatic heterocycles. The van der Waals surface area contributed by atoms with Gasteiger partial charge < -0.3 is 21.3 Å². The summed E-state index contributed by atoms with van der Waals surface area (Å²) in [5.41, 5.74) is 5.74. The minimum atomic E-state index is -0.437. The number of carbonyl (C=O) groups excluding carboxylic acids is 2. The Morgan fingerprint density at radius 3 is 2.68 bits per heavy atom. The van der Waals surface area contributed by atoms with Gasteiger partial charge in [-0.05, 0) is 19.8 Å². The molecule has 1 aliphatic rings. The number of nitrogens with one attached hydrogen (secondary N) is 2. The van der Waals surface area contributed by atoms with Crippen molar-refractivity contribution in [3.05, 3.63) is 0 Å². The Kier molecular flexibility index (Phi) is 8.51. The minimum Gasteiger partial charge on any atom is -0.350 e. The van der Waals surface area contributed by atoms with E-state index in [9.17, 15) is 9.59 Å². The Morgan fingerprint density at radius 2 is 2.11 bits per heavy atom. The lowest BCUT2D eigenvalue weighted by Gasteiger charge is -2.18. The fourth-order valence-corrected chi connectivity index (χ4v) is 2.08. The highest BCUT2D eigenvalue weighted by Crippen LogP contribution is 2.09. The smallest absolute Gasteiger partial charge is 0.317 e. The van der Waals surface area contributed by atoms with Gasteiger partial charge in [-0.3, -0.25) is 4.79 Å². The SMILES string of the molecule is CCCC(N)C(=O)NC1CCN(C(=O)NCC)C1.Cl. The highest BCUT2D eigenvalue weighted by atomic mass is 35.5. The molecule has 1 heterocycles. The van der Waals surface area contributed by atoms with Crippen molar-refractivity contribution in [2.75, 3.05) is 19.6 Å². The molecule has 0 aromatic heterocycles. The average molecular weight is 293 g/mol. The van der Waals surface area contributed by atoms with Crippen LogP contribution in [0.2, 0.25) is 0 Å². The first-order valence-electron chi connectivity index (χ1n) is 6.67. The number of carbonyl (C=O) groups is 2. The van der Waals surface area contributed by atoms with Crippen molar-refractivity contribution in [3.63, 3.8) is 0 Å². The molecule has 0 bridgehead atoms. The largest absolute Gasteiger partial charge is 0.350 e. The van der Waals surface area contributed by atoms with E-state index < -0.39 is 6.04 Å². The third-order valence-electron chi connectivity index (χ3n) is 3.09. The Bertz CT molecular complexity index is 301. The number of urea groups is 1. The molecule has 7 heteroatoms. The number of amides is 3. The number of nitrogens with zero attached hydrogens (tertiary/aromatic N) is 1. The maximum Gasteiger partial charge on any atom is 0.317 e. The van der Waals surface area contributed by atoms with Crippen molar-refractivity contribution in [3.8, 4) is 0 Å². The van der Waals surface area contributed by atoms with Crippen LogP contribution in [0.25, 0.3) is 0 Å². The molecule has 1 rings (SSSR count). The van der Waals surface area contributed by atoms with E-state index in [1.807, 2.05) is 13.8 Å². The standard InChI is InChI=1S/C12H24N4O2.ClH/c1-3-5-10(13)11(17)15-9-6-7-16(8-9)12(18)14-4-2;/h9-10H,3-8,13H2,1-2H3,(H,14,18)(H,15,17);1H. The van der Waals surface area contributed by atoms with Crippen molar-refractivity contribution in [2.24, 2.45) is 5.73 Å². The summed E-state index contributed by atoms with van der Waals surface area (Å²) < 4.78 is 0. The van der Waals surface area contributed by atoms with Gasteiger partial charge in [0.25, 0.3) is 0 Å². The summed E-state index contributed by atoms with van der Waals surface area (Å²) >= 11 is 0. The highest BCUT2D eigenvalue weighted by molar-refractivity contribution is 5.85. The van der Waals surface area contributed by atoms with Crippen LogP contribution in [0.5, 0.6) is 0 Å². The summed E-state index contributed by atoms with van der Waals surface area (Å²) in [5.74, 6) is -0.111. The van der Waals surface area contributed by atoms with Gasteiger partial charge in [0.05, 0.1) is 6.04 Å². The zero-order chi connectivity index (χ0) is 13.5. The Morgan fingerprint density at radius 1 is 1.42 bits per heavy atom. The second-order valence-corrected chi connectivity index (χ2v) is 4.67. The fraction of sp³-hybridized carbons (Fsp3) is 0.833. The lowest BCUT2D eigenvalue weighted by Crippen LogP contribution is -2.47. The third-order valence-corrected chi connectivity index (χ3v) is 3.09. The van der Waals surface area contributed by atoms with Gasteiger partial charge in [0.2, 0.25) is 5.91 Å². The van der Waals surface area contributed by atoms with E-state index in [-0.39, 0.29) is 30.4 Å². The van der Waals surface area contributed by atoms with E-state index in [2.05, 4.69) is 10.6 Å². The van der Waals surface area contributed by atoms with Crippen LogP contribution >= 0.6 is 12.4 Å². The van der Waals surface area contributed by atoms with E-state index in [4.69, 9.17) is 5.73 Å². The van der Waals surface area contributed by atoms with Gasteiger partial charge in [-0.2, -0.15) is 0 Å². The van der Waals surface area contributed by atoms with E-state index in [0.29, 0.717) is 26.1 Å². The van der Waals surface area contributed by atoms with Crippen LogP contribution in [0.15, 0.2) is 0 Å². The van der Waals surface area contributed by atoms with Gasteiger partial charge in [0.15, 0.2) is 0 Å². The number of nitrogens with two attached hydrogens (primary N) is 1. The van der Waals surface area contributed by atoms with Crippen LogP contribution in [-0.2, 0) is 4.79 Å². The van der Waals surface area contributed by atoms with Gasteiger partial charge >= 0.3 is 6.03 Å². The van der Waals surface area contributed by atoms with Gasteiger partial charge in [-0.1, -0.05) is 13.3 Å². The molecule has 0 aliphatic carbocycles. The second-order valence-electron chi connectivity index (χ2n) is 4.67. The van der Waals surface area contributed by atoms with Crippen LogP contribution < -0.4 is 16.4 Å². The summed E-state index contributed by atoms with van der Waals surface area (Å²) in [7, 11) is 0. The molecule has 0 aromatic carbocycles. The van der Waals surface area contributed by atoms with E-state index in [0.717, 1.165) is 12.8 Å². The van der Waals surface area contributed by atoms with Crippen LogP contribution in [0.4, 0.5) is 4.79 Å². The minimum absolute atomic E-state index is 0. The summed E-state index contributed by atoms with van der Waals surface area (Å²) in [6.45, 7) is 5.75. The molecule has 0 aromatic rings. The zero-order valence-electron chi connectivity index (χ0n) is 11.6. The van der Waals surface area contributed by atoms with Gasteiger partial charge in [0.1, 0.15) is 0 Å². The number of hydrogen-bond acceptors (Lipinski definition) is 3. The topological polar surface area (TPSA) is 87.5 Å². The van der Waals surface area contributed by atoms with Crippen LogP contribution in [-0.4, -0.2) is 48.6 Å². The first-order chi connectivity index (χ1) is 8.58. The quantitative estimate of drug-likeness (QED) is 0.688. The molecule has 112 valence electrons. The van der Waals surface area contributed by atoms with E-state index in [1.54, 1.807) is 4.90 Å². The van der Waals surface area contributed by atoms with Gasteiger partial charge in [-0.25, -0.2) is 4.79 Å². The first-order valence-corrected chi connectivity index (χ1v) is 6.67.